The summed E-state index contributed by atoms with van der Waals surface area (Å²) in [6.45, 7) is 11.2. The second-order valence-electron chi connectivity index (χ2n) is 7.06. The summed E-state index contributed by atoms with van der Waals surface area (Å²) in [6.07, 6.45) is 2.57. The molecule has 7 nitrogen and oxygen atoms in total. The van der Waals surface area contributed by atoms with E-state index in [1.807, 2.05) is 30.5 Å². The minimum Gasteiger partial charge on any atom is -0.300 e. The van der Waals surface area contributed by atoms with Crippen LogP contribution in [0.3, 0.4) is 0 Å². The number of nitrogens with zero attached hydrogens (tertiary/aromatic N) is 5. The molecule has 0 radical (unpaired) electrons. The molecule has 0 N–H and O–H groups in total. The van der Waals surface area contributed by atoms with Gasteiger partial charge < -0.3 is 4.57 Å². The summed E-state index contributed by atoms with van der Waals surface area (Å²) in [5.41, 5.74) is 1.05. The van der Waals surface area contributed by atoms with E-state index in [-0.39, 0.29) is 0 Å². The first kappa shape index (κ1) is 20.9. The molecule has 1 fully saturated rings. The molecule has 1 aromatic carbocycles. The first-order chi connectivity index (χ1) is 13.3. The van der Waals surface area contributed by atoms with Crippen LogP contribution in [0, 0.1) is 18.6 Å². The number of hydrogen-bond acceptors (Lipinski definition) is 5. The zero-order chi connectivity index (χ0) is 20.3. The van der Waals surface area contributed by atoms with Gasteiger partial charge >= 0.3 is 0 Å². The molecule has 9 heteroatoms. The Morgan fingerprint density at radius 2 is 1.86 bits per heavy atom. The summed E-state index contributed by atoms with van der Waals surface area (Å²) in [6, 6.07) is 7.03. The fourth-order valence-corrected chi connectivity index (χ4v) is 5.13. The molecular formula is C19H27N5O2S2. The Morgan fingerprint density at radius 1 is 1.14 bits per heavy atom. The van der Waals surface area contributed by atoms with Crippen molar-refractivity contribution in [3.8, 4) is 0 Å². The van der Waals surface area contributed by atoms with Gasteiger partial charge in [0.2, 0.25) is 10.0 Å². The molecule has 1 aliphatic rings. The summed E-state index contributed by atoms with van der Waals surface area (Å²) in [7, 11) is -3.47. The molecule has 28 heavy (non-hydrogen) atoms. The van der Waals surface area contributed by atoms with Crippen LogP contribution in [0.1, 0.15) is 17.8 Å². The van der Waals surface area contributed by atoms with Crippen molar-refractivity contribution in [1.82, 2.24) is 23.6 Å². The van der Waals surface area contributed by atoms with Crippen LogP contribution < -0.4 is 0 Å². The van der Waals surface area contributed by atoms with Crippen molar-refractivity contribution < 1.29 is 8.42 Å². The average Bonchev–Trinajstić information content (AvgIpc) is 2.82. The Hall–Kier alpha value is -1.81. The topological polar surface area (TPSA) is 63.4 Å². The van der Waals surface area contributed by atoms with E-state index in [0.717, 1.165) is 24.4 Å². The molecule has 2 aromatic rings. The molecule has 0 saturated carbocycles. The van der Waals surface area contributed by atoms with Crippen LogP contribution in [-0.4, -0.2) is 58.1 Å². The molecule has 0 aliphatic carbocycles. The maximum atomic E-state index is 13.0. The molecule has 0 bridgehead atoms. The highest BCUT2D eigenvalue weighted by Gasteiger charge is 2.27. The second kappa shape index (κ2) is 8.69. The van der Waals surface area contributed by atoms with Crippen LogP contribution in [0.4, 0.5) is 0 Å². The number of aryl methyl sites for hydroxylation is 2. The minimum absolute atomic E-state index is 0.354. The van der Waals surface area contributed by atoms with E-state index in [0.29, 0.717) is 42.5 Å². The minimum atomic E-state index is -3.47. The SMILES string of the molecule is C=CCn1c(C)nn(CN2CCCN(S(=O)(=O)c3ccc(C)cc3)CC2)c1=S. The first-order valence-corrected chi connectivity index (χ1v) is 11.2. The molecule has 0 atom stereocenters. The number of aromatic nitrogens is 3. The summed E-state index contributed by atoms with van der Waals surface area (Å²) in [4.78, 5) is 2.55. The Kier molecular flexibility index (Phi) is 6.49. The molecule has 1 aliphatic heterocycles. The maximum absolute atomic E-state index is 13.0. The van der Waals surface area contributed by atoms with E-state index < -0.39 is 10.0 Å². The van der Waals surface area contributed by atoms with Gasteiger partial charge in [0, 0.05) is 32.7 Å². The predicted octanol–water partition coefficient (Wildman–Crippen LogP) is 2.57. The van der Waals surface area contributed by atoms with Crippen molar-refractivity contribution in [3.63, 3.8) is 0 Å². The Balaban J connectivity index is 1.70. The van der Waals surface area contributed by atoms with E-state index in [9.17, 15) is 8.42 Å². The maximum Gasteiger partial charge on any atom is 0.243 e. The van der Waals surface area contributed by atoms with Crippen molar-refractivity contribution in [1.29, 1.82) is 0 Å². The van der Waals surface area contributed by atoms with Gasteiger partial charge in [-0.1, -0.05) is 23.8 Å². The third kappa shape index (κ3) is 4.43. The van der Waals surface area contributed by atoms with Gasteiger partial charge in [-0.3, -0.25) is 4.90 Å². The number of benzene rings is 1. The third-order valence-electron chi connectivity index (χ3n) is 4.96. The van der Waals surface area contributed by atoms with Gasteiger partial charge in [-0.25, -0.2) is 13.1 Å². The zero-order valence-corrected chi connectivity index (χ0v) is 18.0. The van der Waals surface area contributed by atoms with Gasteiger partial charge in [-0.2, -0.15) is 9.40 Å². The molecule has 0 amide bonds. The summed E-state index contributed by atoms with van der Waals surface area (Å²) in [5, 5.41) is 4.53. The lowest BCUT2D eigenvalue weighted by molar-refractivity contribution is 0.215. The lowest BCUT2D eigenvalue weighted by Crippen LogP contribution is -2.35. The van der Waals surface area contributed by atoms with Crippen LogP contribution in [0.5, 0.6) is 0 Å². The third-order valence-corrected chi connectivity index (χ3v) is 7.30. The number of hydrogen-bond donors (Lipinski definition) is 0. The molecular weight excluding hydrogens is 394 g/mol. The van der Waals surface area contributed by atoms with E-state index in [1.165, 1.54) is 0 Å². The van der Waals surface area contributed by atoms with Crippen molar-refractivity contribution in [2.75, 3.05) is 26.2 Å². The number of sulfonamides is 1. The van der Waals surface area contributed by atoms with E-state index in [4.69, 9.17) is 12.2 Å². The van der Waals surface area contributed by atoms with Crippen LogP contribution in [0.15, 0.2) is 41.8 Å². The van der Waals surface area contributed by atoms with Gasteiger partial charge in [0.25, 0.3) is 0 Å². The van der Waals surface area contributed by atoms with Crippen molar-refractivity contribution in [2.24, 2.45) is 0 Å². The molecule has 1 saturated heterocycles. The van der Waals surface area contributed by atoms with Crippen LogP contribution in [0.25, 0.3) is 0 Å². The smallest absolute Gasteiger partial charge is 0.243 e. The lowest BCUT2D eigenvalue weighted by atomic mass is 10.2. The first-order valence-electron chi connectivity index (χ1n) is 9.37. The molecule has 152 valence electrons. The Bertz CT molecular complexity index is 992. The van der Waals surface area contributed by atoms with Gasteiger partial charge in [0.1, 0.15) is 5.82 Å². The monoisotopic (exact) mass is 421 g/mol. The number of rotatable bonds is 6. The lowest BCUT2D eigenvalue weighted by Gasteiger charge is -2.21. The Labute approximate surface area is 171 Å². The average molecular weight is 422 g/mol. The van der Waals surface area contributed by atoms with Gasteiger partial charge in [0.05, 0.1) is 11.6 Å². The van der Waals surface area contributed by atoms with Gasteiger partial charge in [-0.15, -0.1) is 6.58 Å². The highest BCUT2D eigenvalue weighted by Crippen LogP contribution is 2.18. The molecule has 0 unspecified atom stereocenters. The fourth-order valence-electron chi connectivity index (χ4n) is 3.36. The van der Waals surface area contributed by atoms with Crippen molar-refractivity contribution in [2.45, 2.75) is 38.4 Å². The molecule has 1 aromatic heterocycles. The zero-order valence-electron chi connectivity index (χ0n) is 16.4. The standard InChI is InChI=1S/C19H27N5O2S2/c1-4-10-23-17(3)20-24(19(23)27)15-21-11-5-12-22(14-13-21)28(25,26)18-8-6-16(2)7-9-18/h4,6-9H,1,5,10-15H2,2-3H3. The fraction of sp³-hybridized carbons (Fsp3) is 0.474. The Morgan fingerprint density at radius 3 is 2.54 bits per heavy atom. The van der Waals surface area contributed by atoms with Crippen LogP contribution in [0.2, 0.25) is 0 Å². The predicted molar refractivity (Wildman–Crippen MR) is 112 cm³/mol. The molecule has 2 heterocycles. The van der Waals surface area contributed by atoms with E-state index in [1.54, 1.807) is 27.2 Å². The van der Waals surface area contributed by atoms with E-state index in [2.05, 4.69) is 16.6 Å². The van der Waals surface area contributed by atoms with Crippen LogP contribution >= 0.6 is 12.2 Å². The normalized spacial score (nSPS) is 16.8. The van der Waals surface area contributed by atoms with Crippen LogP contribution in [-0.2, 0) is 23.2 Å². The molecule has 0 spiro atoms. The summed E-state index contributed by atoms with van der Waals surface area (Å²) >= 11 is 5.52. The highest BCUT2D eigenvalue weighted by molar-refractivity contribution is 7.89. The second-order valence-corrected chi connectivity index (χ2v) is 9.36. The summed E-state index contributed by atoms with van der Waals surface area (Å²) < 4.78 is 31.9. The molecule has 3 rings (SSSR count). The summed E-state index contributed by atoms with van der Waals surface area (Å²) in [5.74, 6) is 0.850. The largest absolute Gasteiger partial charge is 0.300 e. The quantitative estimate of drug-likeness (QED) is 0.530. The van der Waals surface area contributed by atoms with Gasteiger partial charge in [-0.05, 0) is 44.6 Å². The number of allylic oxidation sites excluding steroid dienone is 1. The highest BCUT2D eigenvalue weighted by atomic mass is 32.2. The van der Waals surface area contributed by atoms with Gasteiger partial charge in [0.15, 0.2) is 4.77 Å². The van der Waals surface area contributed by atoms with Crippen molar-refractivity contribution >= 4 is 22.2 Å². The van der Waals surface area contributed by atoms with E-state index >= 15 is 0 Å². The van der Waals surface area contributed by atoms with Crippen molar-refractivity contribution in [3.05, 3.63) is 53.1 Å².